The number of aromatic amines is 1. The number of rotatable bonds is 8. The topological polar surface area (TPSA) is 155 Å². The Kier molecular flexibility index (Phi) is 6.86. The lowest BCUT2D eigenvalue weighted by atomic mass is 10.1. The second-order valence-corrected chi connectivity index (χ2v) is 6.68. The average molecular weight is 456 g/mol. The predicted molar refractivity (Wildman–Crippen MR) is 118 cm³/mol. The van der Waals surface area contributed by atoms with Crippen LogP contribution in [0.1, 0.15) is 19.4 Å². The van der Waals surface area contributed by atoms with Crippen molar-refractivity contribution in [1.82, 2.24) is 9.66 Å². The number of hydrogen-bond acceptors (Lipinski definition) is 9. The first-order chi connectivity index (χ1) is 15.8. The van der Waals surface area contributed by atoms with E-state index in [4.69, 9.17) is 9.47 Å². The summed E-state index contributed by atoms with van der Waals surface area (Å²) in [5.74, 6) is -1.02. The van der Waals surface area contributed by atoms with E-state index < -0.39 is 33.9 Å². The van der Waals surface area contributed by atoms with Crippen molar-refractivity contribution in [3.05, 3.63) is 72.9 Å². The summed E-state index contributed by atoms with van der Waals surface area (Å²) in [5, 5.41) is 15.8. The normalized spacial score (nSPS) is 12.0. The highest BCUT2D eigenvalue weighted by Gasteiger charge is 2.27. The van der Waals surface area contributed by atoms with Gasteiger partial charge in [0.05, 0.1) is 35.8 Å². The minimum Gasteiger partial charge on any atom is -0.490 e. The summed E-state index contributed by atoms with van der Waals surface area (Å²) in [7, 11) is 1.16. The van der Waals surface area contributed by atoms with Gasteiger partial charge in [0.25, 0.3) is 5.56 Å². The zero-order chi connectivity index (χ0) is 24.1. The Hall–Kier alpha value is -4.48. The second kappa shape index (κ2) is 9.77. The number of benzene rings is 2. The van der Waals surface area contributed by atoms with Crippen molar-refractivity contribution in [3.8, 4) is 11.5 Å². The molecular formula is C21H20N4O8. The van der Waals surface area contributed by atoms with Crippen LogP contribution in [0, 0.1) is 10.1 Å². The number of para-hydroxylation sites is 1. The SMILES string of the molecule is CCOc1cc(C=Nn2c(=O)[nH]c3ccccc3c2=O)cc([N+](=O)[O-])c1O[C@@H](C)C(=O)OC. The molecule has 2 aromatic carbocycles. The monoisotopic (exact) mass is 456 g/mol. The number of aromatic nitrogens is 2. The van der Waals surface area contributed by atoms with Crippen LogP contribution in [0.15, 0.2) is 51.1 Å². The molecule has 3 rings (SSSR count). The quantitative estimate of drug-likeness (QED) is 0.233. The van der Waals surface area contributed by atoms with Crippen LogP contribution in [-0.2, 0) is 9.53 Å². The average Bonchev–Trinajstić information content (AvgIpc) is 2.79. The van der Waals surface area contributed by atoms with Crippen LogP contribution >= 0.6 is 0 Å². The van der Waals surface area contributed by atoms with Crippen molar-refractivity contribution in [1.29, 1.82) is 0 Å². The van der Waals surface area contributed by atoms with Gasteiger partial charge in [0.15, 0.2) is 11.9 Å². The molecule has 0 aliphatic heterocycles. The van der Waals surface area contributed by atoms with Gasteiger partial charge in [-0.1, -0.05) is 12.1 Å². The fraction of sp³-hybridized carbons (Fsp3) is 0.238. The molecule has 1 aromatic heterocycles. The lowest BCUT2D eigenvalue weighted by Crippen LogP contribution is -2.32. The molecule has 1 heterocycles. The van der Waals surface area contributed by atoms with E-state index in [9.17, 15) is 24.5 Å². The highest BCUT2D eigenvalue weighted by molar-refractivity contribution is 5.84. The van der Waals surface area contributed by atoms with E-state index in [0.29, 0.717) is 10.2 Å². The molecule has 0 unspecified atom stereocenters. The van der Waals surface area contributed by atoms with Crippen LogP contribution in [0.25, 0.3) is 10.9 Å². The summed E-state index contributed by atoms with van der Waals surface area (Å²) in [4.78, 5) is 50.1. The standard InChI is InChI=1S/C21H20N4O8/c1-4-32-17-10-13(9-16(25(29)30)18(17)33-12(2)20(27)31-3)11-22-24-19(26)14-7-5-6-8-15(14)23-21(24)28/h5-12H,4H2,1-3H3,(H,23,28)/t12-/m0/s1. The number of carbonyl (C=O) groups excluding carboxylic acids is 1. The maximum absolute atomic E-state index is 12.6. The lowest BCUT2D eigenvalue weighted by molar-refractivity contribution is -0.386. The van der Waals surface area contributed by atoms with Crippen molar-refractivity contribution in [2.24, 2.45) is 5.10 Å². The Labute approximate surface area is 186 Å². The van der Waals surface area contributed by atoms with E-state index in [1.54, 1.807) is 25.1 Å². The summed E-state index contributed by atoms with van der Waals surface area (Å²) < 4.78 is 16.1. The zero-order valence-electron chi connectivity index (χ0n) is 17.9. The third-order valence-electron chi connectivity index (χ3n) is 4.49. The largest absolute Gasteiger partial charge is 0.490 e. The van der Waals surface area contributed by atoms with Crippen molar-refractivity contribution in [2.75, 3.05) is 13.7 Å². The van der Waals surface area contributed by atoms with E-state index in [0.717, 1.165) is 19.4 Å². The molecule has 172 valence electrons. The first kappa shape index (κ1) is 23.2. The zero-order valence-corrected chi connectivity index (χ0v) is 17.9. The van der Waals surface area contributed by atoms with Crippen LogP contribution in [0.3, 0.4) is 0 Å². The van der Waals surface area contributed by atoms with Gasteiger partial charge in [0.1, 0.15) is 0 Å². The Morgan fingerprint density at radius 2 is 2.03 bits per heavy atom. The van der Waals surface area contributed by atoms with Crippen LogP contribution in [0.2, 0.25) is 0 Å². The first-order valence-electron chi connectivity index (χ1n) is 9.75. The number of methoxy groups -OCH3 is 1. The van der Waals surface area contributed by atoms with Crippen LogP contribution < -0.4 is 20.7 Å². The second-order valence-electron chi connectivity index (χ2n) is 6.68. The number of nitrogens with zero attached hydrogens (tertiary/aromatic N) is 3. The summed E-state index contributed by atoms with van der Waals surface area (Å²) in [6.07, 6.45) is -0.0313. The van der Waals surface area contributed by atoms with Crippen molar-refractivity contribution in [3.63, 3.8) is 0 Å². The maximum Gasteiger partial charge on any atom is 0.349 e. The molecule has 1 N–H and O–H groups in total. The van der Waals surface area contributed by atoms with Gasteiger partial charge in [-0.15, -0.1) is 4.68 Å². The Balaban J connectivity index is 2.09. The van der Waals surface area contributed by atoms with Crippen molar-refractivity contribution in [2.45, 2.75) is 20.0 Å². The molecule has 0 bridgehead atoms. The molecule has 0 saturated carbocycles. The number of ether oxygens (including phenoxy) is 3. The van der Waals surface area contributed by atoms with E-state index in [2.05, 4.69) is 14.8 Å². The van der Waals surface area contributed by atoms with Gasteiger partial charge in [0, 0.05) is 11.6 Å². The molecule has 0 aliphatic carbocycles. The molecule has 12 heteroatoms. The summed E-state index contributed by atoms with van der Waals surface area (Å²) >= 11 is 0. The predicted octanol–water partition coefficient (Wildman–Crippen LogP) is 1.82. The van der Waals surface area contributed by atoms with E-state index in [1.807, 2.05) is 0 Å². The highest BCUT2D eigenvalue weighted by Crippen LogP contribution is 2.39. The number of esters is 1. The van der Waals surface area contributed by atoms with E-state index >= 15 is 0 Å². The molecule has 12 nitrogen and oxygen atoms in total. The molecule has 0 radical (unpaired) electrons. The molecule has 0 saturated heterocycles. The fourth-order valence-corrected chi connectivity index (χ4v) is 2.97. The molecule has 0 fully saturated rings. The van der Waals surface area contributed by atoms with E-state index in [1.165, 1.54) is 19.1 Å². The summed E-state index contributed by atoms with van der Waals surface area (Å²) in [6.45, 7) is 3.18. The smallest absolute Gasteiger partial charge is 0.349 e. The number of fused-ring (bicyclic) bond motifs is 1. The van der Waals surface area contributed by atoms with Crippen molar-refractivity contribution < 1.29 is 23.9 Å². The van der Waals surface area contributed by atoms with Gasteiger partial charge >= 0.3 is 17.3 Å². The first-order valence-corrected chi connectivity index (χ1v) is 9.75. The Morgan fingerprint density at radius 3 is 2.70 bits per heavy atom. The molecular weight excluding hydrogens is 436 g/mol. The van der Waals surface area contributed by atoms with Gasteiger partial charge in [-0.05, 0) is 32.0 Å². The number of carbonyl (C=O) groups is 1. The van der Waals surface area contributed by atoms with E-state index in [-0.39, 0.29) is 29.1 Å². The summed E-state index contributed by atoms with van der Waals surface area (Å²) in [6, 6.07) is 8.92. The number of nitro groups is 1. The van der Waals surface area contributed by atoms with Gasteiger partial charge in [0.2, 0.25) is 5.75 Å². The minimum absolute atomic E-state index is 0.0244. The molecule has 0 aliphatic rings. The van der Waals surface area contributed by atoms with Gasteiger partial charge in [-0.3, -0.25) is 14.9 Å². The number of nitrogens with one attached hydrogen (secondary N) is 1. The Morgan fingerprint density at radius 1 is 1.30 bits per heavy atom. The number of nitro benzene ring substituents is 1. The fourth-order valence-electron chi connectivity index (χ4n) is 2.97. The molecule has 0 amide bonds. The number of hydrogen-bond donors (Lipinski definition) is 1. The maximum atomic E-state index is 12.6. The number of H-pyrrole nitrogens is 1. The van der Waals surface area contributed by atoms with Gasteiger partial charge in [-0.25, -0.2) is 9.59 Å². The van der Waals surface area contributed by atoms with Gasteiger partial charge in [-0.2, -0.15) is 5.10 Å². The van der Waals surface area contributed by atoms with Crippen LogP contribution in [-0.4, -0.2) is 46.6 Å². The van der Waals surface area contributed by atoms with Crippen LogP contribution in [0.5, 0.6) is 11.5 Å². The van der Waals surface area contributed by atoms with Gasteiger partial charge < -0.3 is 19.2 Å². The molecule has 0 spiro atoms. The summed E-state index contributed by atoms with van der Waals surface area (Å²) in [5.41, 5.74) is -1.42. The third kappa shape index (κ3) is 4.89. The molecule has 3 aromatic rings. The minimum atomic E-state index is -1.14. The lowest BCUT2D eigenvalue weighted by Gasteiger charge is -2.16. The Bertz CT molecular complexity index is 1360. The molecule has 1 atom stereocenters. The molecule has 33 heavy (non-hydrogen) atoms. The van der Waals surface area contributed by atoms with Crippen LogP contribution in [0.4, 0.5) is 5.69 Å². The highest BCUT2D eigenvalue weighted by atomic mass is 16.6. The third-order valence-corrected chi connectivity index (χ3v) is 4.49. The van der Waals surface area contributed by atoms with Crippen molar-refractivity contribution >= 4 is 28.8 Å².